The first kappa shape index (κ1) is 17.9. The molecule has 0 unspecified atom stereocenters. The van der Waals surface area contributed by atoms with Crippen molar-refractivity contribution in [1.82, 2.24) is 4.90 Å². The van der Waals surface area contributed by atoms with Crippen molar-refractivity contribution in [2.75, 3.05) is 18.9 Å². The van der Waals surface area contributed by atoms with Gasteiger partial charge in [0.05, 0.1) is 34.0 Å². The topological polar surface area (TPSA) is 89.7 Å². The Morgan fingerprint density at radius 2 is 1.69 bits per heavy atom. The van der Waals surface area contributed by atoms with Gasteiger partial charge in [-0.25, -0.2) is 4.79 Å². The number of hydrogen-bond donors (Lipinski definition) is 1. The lowest BCUT2D eigenvalue weighted by Crippen LogP contribution is -2.30. The van der Waals surface area contributed by atoms with E-state index in [2.05, 4.69) is 0 Å². The number of imide groups is 1. The van der Waals surface area contributed by atoms with Crippen LogP contribution in [0.1, 0.15) is 43.9 Å². The average Bonchev–Trinajstić information content (AvgIpc) is 2.88. The Hall–Kier alpha value is -2.86. The molecule has 0 spiro atoms. The van der Waals surface area contributed by atoms with Gasteiger partial charge in [-0.05, 0) is 43.2 Å². The molecule has 0 atom stereocenters. The highest BCUT2D eigenvalue weighted by molar-refractivity contribution is 6.33. The summed E-state index contributed by atoms with van der Waals surface area (Å²) in [5, 5.41) is 0.377. The highest BCUT2D eigenvalue weighted by atomic mass is 35.5. The summed E-state index contributed by atoms with van der Waals surface area (Å²) in [6.45, 7) is 0.475. The second-order valence-electron chi connectivity index (χ2n) is 5.89. The average molecular weight is 373 g/mol. The summed E-state index contributed by atoms with van der Waals surface area (Å²) in [6.07, 6.45) is 1.07. The van der Waals surface area contributed by atoms with Crippen LogP contribution < -0.4 is 5.73 Å². The molecule has 6 nitrogen and oxygen atoms in total. The number of halogens is 1. The van der Waals surface area contributed by atoms with E-state index in [1.807, 2.05) is 0 Å². The highest BCUT2D eigenvalue weighted by Gasteiger charge is 2.34. The third-order valence-corrected chi connectivity index (χ3v) is 4.46. The summed E-state index contributed by atoms with van der Waals surface area (Å²) in [4.78, 5) is 37.6. The van der Waals surface area contributed by atoms with Crippen LogP contribution in [-0.2, 0) is 4.74 Å². The number of ether oxygens (including phenoxy) is 1. The van der Waals surface area contributed by atoms with Gasteiger partial charge in [0, 0.05) is 6.54 Å². The van der Waals surface area contributed by atoms with Gasteiger partial charge in [0.15, 0.2) is 0 Å². The SMILES string of the molecule is Nc1cc(C(=O)OCCCCN2C(=O)c3ccccc3C2=O)ccc1Cl. The zero-order valence-corrected chi connectivity index (χ0v) is 14.7. The third kappa shape index (κ3) is 3.55. The molecule has 2 amide bonds. The Kier molecular flexibility index (Phi) is 5.23. The molecule has 26 heavy (non-hydrogen) atoms. The number of amides is 2. The molecule has 0 aromatic heterocycles. The van der Waals surface area contributed by atoms with E-state index in [4.69, 9.17) is 22.1 Å². The molecule has 2 N–H and O–H groups in total. The number of rotatable bonds is 6. The Labute approximate surface area is 155 Å². The summed E-state index contributed by atoms with van der Waals surface area (Å²) in [7, 11) is 0. The van der Waals surface area contributed by atoms with E-state index in [0.717, 1.165) is 0 Å². The molecule has 1 heterocycles. The highest BCUT2D eigenvalue weighted by Crippen LogP contribution is 2.23. The first-order valence-corrected chi connectivity index (χ1v) is 8.54. The molecule has 0 aliphatic carbocycles. The van der Waals surface area contributed by atoms with Gasteiger partial charge in [-0.1, -0.05) is 23.7 Å². The molecule has 1 aliphatic heterocycles. The molecule has 134 valence electrons. The van der Waals surface area contributed by atoms with E-state index in [9.17, 15) is 14.4 Å². The van der Waals surface area contributed by atoms with Crippen LogP contribution in [0.15, 0.2) is 42.5 Å². The lowest BCUT2D eigenvalue weighted by atomic mass is 10.1. The molecule has 7 heteroatoms. The molecule has 2 aromatic rings. The predicted octanol–water partition coefficient (Wildman–Crippen LogP) is 3.16. The first-order valence-electron chi connectivity index (χ1n) is 8.16. The van der Waals surface area contributed by atoms with Crippen molar-refractivity contribution in [3.05, 3.63) is 64.2 Å². The number of unbranched alkanes of at least 4 members (excludes halogenated alkanes) is 1. The van der Waals surface area contributed by atoms with E-state index < -0.39 is 5.97 Å². The summed E-state index contributed by atoms with van der Waals surface area (Å²) < 4.78 is 5.18. The number of nitrogens with zero attached hydrogens (tertiary/aromatic N) is 1. The van der Waals surface area contributed by atoms with E-state index in [1.54, 1.807) is 30.3 Å². The molecule has 0 fully saturated rings. The fourth-order valence-corrected chi connectivity index (χ4v) is 2.85. The fraction of sp³-hybridized carbons (Fsp3) is 0.211. The molecular weight excluding hydrogens is 356 g/mol. The van der Waals surface area contributed by atoms with Crippen molar-refractivity contribution in [2.24, 2.45) is 0 Å². The summed E-state index contributed by atoms with van der Waals surface area (Å²) in [5.41, 5.74) is 7.16. The maximum Gasteiger partial charge on any atom is 0.338 e. The van der Waals surface area contributed by atoms with Gasteiger partial charge >= 0.3 is 5.97 Å². The monoisotopic (exact) mass is 372 g/mol. The maximum absolute atomic E-state index is 12.2. The van der Waals surface area contributed by atoms with Gasteiger partial charge < -0.3 is 10.5 Å². The number of fused-ring (bicyclic) bond motifs is 1. The number of carbonyl (C=O) groups excluding carboxylic acids is 3. The summed E-state index contributed by atoms with van der Waals surface area (Å²) >= 11 is 5.81. The Balaban J connectivity index is 1.45. The number of anilines is 1. The van der Waals surface area contributed by atoms with E-state index in [1.165, 1.54) is 17.0 Å². The second-order valence-corrected chi connectivity index (χ2v) is 6.29. The normalized spacial score (nSPS) is 13.0. The van der Waals surface area contributed by atoms with E-state index in [-0.39, 0.29) is 25.0 Å². The van der Waals surface area contributed by atoms with Crippen molar-refractivity contribution >= 4 is 35.1 Å². The van der Waals surface area contributed by atoms with Crippen LogP contribution in [0.2, 0.25) is 5.02 Å². The van der Waals surface area contributed by atoms with Gasteiger partial charge in [-0.2, -0.15) is 0 Å². The first-order chi connectivity index (χ1) is 12.5. The van der Waals surface area contributed by atoms with E-state index in [0.29, 0.717) is 40.2 Å². The quantitative estimate of drug-likeness (QED) is 0.364. The van der Waals surface area contributed by atoms with Gasteiger partial charge in [-0.15, -0.1) is 0 Å². The van der Waals surface area contributed by atoms with Crippen LogP contribution in [0.5, 0.6) is 0 Å². The Bertz CT molecular complexity index is 847. The zero-order valence-electron chi connectivity index (χ0n) is 13.9. The zero-order chi connectivity index (χ0) is 18.7. The number of benzene rings is 2. The minimum Gasteiger partial charge on any atom is -0.462 e. The van der Waals surface area contributed by atoms with Crippen LogP contribution >= 0.6 is 11.6 Å². The summed E-state index contributed by atoms with van der Waals surface area (Å²) in [6, 6.07) is 11.3. The molecule has 1 aliphatic rings. The molecule has 2 aromatic carbocycles. The lowest BCUT2D eigenvalue weighted by molar-refractivity contribution is 0.0485. The van der Waals surface area contributed by atoms with Crippen molar-refractivity contribution in [1.29, 1.82) is 0 Å². The van der Waals surface area contributed by atoms with Gasteiger partial charge in [-0.3, -0.25) is 14.5 Å². The van der Waals surface area contributed by atoms with Crippen LogP contribution in [0.25, 0.3) is 0 Å². The van der Waals surface area contributed by atoms with Gasteiger partial charge in [0.2, 0.25) is 0 Å². The number of nitrogen functional groups attached to an aromatic ring is 1. The van der Waals surface area contributed by atoms with Crippen LogP contribution in [0.4, 0.5) is 5.69 Å². The van der Waals surface area contributed by atoms with Crippen molar-refractivity contribution in [2.45, 2.75) is 12.8 Å². The lowest BCUT2D eigenvalue weighted by Gasteiger charge is -2.13. The third-order valence-electron chi connectivity index (χ3n) is 4.12. The molecule has 3 rings (SSSR count). The largest absolute Gasteiger partial charge is 0.462 e. The van der Waals surface area contributed by atoms with Crippen LogP contribution in [0.3, 0.4) is 0 Å². The van der Waals surface area contributed by atoms with Gasteiger partial charge in [0.25, 0.3) is 11.8 Å². The predicted molar refractivity (Wildman–Crippen MR) is 97.2 cm³/mol. The minimum atomic E-state index is -0.492. The number of esters is 1. The number of hydrogen-bond acceptors (Lipinski definition) is 5. The number of carbonyl (C=O) groups is 3. The van der Waals surface area contributed by atoms with Crippen molar-refractivity contribution < 1.29 is 19.1 Å². The fourth-order valence-electron chi connectivity index (χ4n) is 2.73. The molecular formula is C19H17ClN2O4. The minimum absolute atomic E-state index is 0.185. The van der Waals surface area contributed by atoms with Crippen molar-refractivity contribution in [3.8, 4) is 0 Å². The second kappa shape index (κ2) is 7.58. The number of nitrogens with two attached hydrogens (primary N) is 1. The van der Waals surface area contributed by atoms with Crippen LogP contribution in [-0.4, -0.2) is 35.8 Å². The summed E-state index contributed by atoms with van der Waals surface area (Å²) in [5.74, 6) is -1.05. The van der Waals surface area contributed by atoms with Crippen LogP contribution in [0, 0.1) is 0 Å². The molecule has 0 radical (unpaired) electrons. The molecule has 0 saturated carbocycles. The van der Waals surface area contributed by atoms with Crippen molar-refractivity contribution in [3.63, 3.8) is 0 Å². The Morgan fingerprint density at radius 3 is 2.31 bits per heavy atom. The standard InChI is InChI=1S/C19H17ClN2O4/c20-15-8-7-12(11-16(15)21)19(25)26-10-4-3-9-22-17(23)13-5-1-2-6-14(13)18(22)24/h1-2,5-8,11H,3-4,9-10,21H2. The smallest absolute Gasteiger partial charge is 0.338 e. The maximum atomic E-state index is 12.2. The van der Waals surface area contributed by atoms with E-state index >= 15 is 0 Å². The Morgan fingerprint density at radius 1 is 1.04 bits per heavy atom. The molecule has 0 saturated heterocycles. The van der Waals surface area contributed by atoms with Gasteiger partial charge in [0.1, 0.15) is 0 Å². The molecule has 0 bridgehead atoms.